The minimum absolute atomic E-state index is 0.0132. The van der Waals surface area contributed by atoms with Crippen LogP contribution in [0, 0.1) is 11.3 Å². The van der Waals surface area contributed by atoms with Gasteiger partial charge in [-0.05, 0) is 6.07 Å². The zero-order valence-corrected chi connectivity index (χ0v) is 7.50. The molecule has 3 nitrogen and oxygen atoms in total. The van der Waals surface area contributed by atoms with Crippen molar-refractivity contribution in [3.63, 3.8) is 0 Å². The van der Waals surface area contributed by atoms with Gasteiger partial charge in [0.1, 0.15) is 10.9 Å². The highest BCUT2D eigenvalue weighted by molar-refractivity contribution is 8.13. The second-order valence-electron chi connectivity index (χ2n) is 1.70. The molecule has 0 atom stereocenters. The summed E-state index contributed by atoms with van der Waals surface area (Å²) < 4.78 is 21.2. The van der Waals surface area contributed by atoms with Crippen molar-refractivity contribution >= 4 is 31.1 Å². The summed E-state index contributed by atoms with van der Waals surface area (Å²) in [4.78, 5) is 0.324. The Morgan fingerprint density at radius 2 is 2.27 bits per heavy atom. The molecular formula is C5H2ClNO2S2. The number of thiophene rings is 1. The van der Waals surface area contributed by atoms with E-state index in [-0.39, 0.29) is 4.90 Å². The van der Waals surface area contributed by atoms with E-state index in [1.807, 2.05) is 6.07 Å². The number of nitriles is 1. The summed E-state index contributed by atoms with van der Waals surface area (Å²) >= 11 is 1.05. The van der Waals surface area contributed by atoms with E-state index in [2.05, 4.69) is 0 Å². The molecule has 0 aliphatic carbocycles. The van der Waals surface area contributed by atoms with Crippen molar-refractivity contribution in [3.8, 4) is 6.07 Å². The summed E-state index contributed by atoms with van der Waals surface area (Å²) in [5.41, 5.74) is 0. The van der Waals surface area contributed by atoms with E-state index in [1.54, 1.807) is 0 Å². The van der Waals surface area contributed by atoms with Gasteiger partial charge in [-0.15, -0.1) is 11.3 Å². The first-order valence-corrected chi connectivity index (χ1v) is 5.66. The average Bonchev–Trinajstić information content (AvgIpc) is 2.32. The quantitative estimate of drug-likeness (QED) is 0.657. The molecule has 1 heterocycles. The Labute approximate surface area is 72.3 Å². The SMILES string of the molecule is N#Cc1cc(S(=O)(=O)Cl)cs1. The number of hydrogen-bond acceptors (Lipinski definition) is 4. The van der Waals surface area contributed by atoms with Crippen LogP contribution in [-0.4, -0.2) is 8.42 Å². The largest absolute Gasteiger partial charge is 0.262 e. The lowest BCUT2D eigenvalue weighted by atomic mass is 10.5. The summed E-state index contributed by atoms with van der Waals surface area (Å²) in [6.45, 7) is 0. The molecule has 0 saturated carbocycles. The first-order valence-electron chi connectivity index (χ1n) is 2.47. The first kappa shape index (κ1) is 8.53. The van der Waals surface area contributed by atoms with E-state index >= 15 is 0 Å². The summed E-state index contributed by atoms with van der Waals surface area (Å²) in [5, 5.41) is 9.67. The van der Waals surface area contributed by atoms with Crippen LogP contribution in [0.25, 0.3) is 0 Å². The third-order valence-corrected chi connectivity index (χ3v) is 3.28. The van der Waals surface area contributed by atoms with Gasteiger partial charge in [0.15, 0.2) is 0 Å². The zero-order valence-electron chi connectivity index (χ0n) is 5.11. The summed E-state index contributed by atoms with van der Waals surface area (Å²) in [5.74, 6) is 0. The maximum atomic E-state index is 10.6. The lowest BCUT2D eigenvalue weighted by molar-refractivity contribution is 0.610. The van der Waals surface area contributed by atoms with Crippen LogP contribution >= 0.6 is 22.0 Å². The third kappa shape index (κ3) is 1.93. The minimum atomic E-state index is -3.66. The molecule has 6 heteroatoms. The molecule has 0 radical (unpaired) electrons. The van der Waals surface area contributed by atoms with Crippen molar-refractivity contribution in [1.29, 1.82) is 5.26 Å². The molecule has 1 aromatic rings. The maximum absolute atomic E-state index is 10.6. The van der Waals surface area contributed by atoms with Crippen molar-refractivity contribution in [2.45, 2.75) is 4.90 Å². The van der Waals surface area contributed by atoms with Crippen molar-refractivity contribution in [2.24, 2.45) is 0 Å². The van der Waals surface area contributed by atoms with Crippen molar-refractivity contribution in [3.05, 3.63) is 16.3 Å². The fourth-order valence-corrected chi connectivity index (χ4v) is 2.46. The highest BCUT2D eigenvalue weighted by atomic mass is 35.7. The molecule has 11 heavy (non-hydrogen) atoms. The molecule has 0 spiro atoms. The molecule has 1 aromatic heterocycles. The van der Waals surface area contributed by atoms with E-state index in [4.69, 9.17) is 15.9 Å². The molecule has 0 N–H and O–H groups in total. The lowest BCUT2D eigenvalue weighted by Gasteiger charge is -1.83. The van der Waals surface area contributed by atoms with Crippen molar-refractivity contribution < 1.29 is 8.42 Å². The molecule has 0 unspecified atom stereocenters. The Morgan fingerprint density at radius 3 is 2.55 bits per heavy atom. The van der Waals surface area contributed by atoms with Gasteiger partial charge >= 0.3 is 0 Å². The molecule has 0 aliphatic rings. The van der Waals surface area contributed by atoms with Gasteiger partial charge in [-0.3, -0.25) is 0 Å². The highest BCUT2D eigenvalue weighted by Crippen LogP contribution is 2.21. The molecular weight excluding hydrogens is 206 g/mol. The van der Waals surface area contributed by atoms with Gasteiger partial charge < -0.3 is 0 Å². The predicted molar refractivity (Wildman–Crippen MR) is 42.1 cm³/mol. The van der Waals surface area contributed by atoms with Crippen LogP contribution in [0.2, 0.25) is 0 Å². The Kier molecular flexibility index (Phi) is 2.18. The zero-order chi connectivity index (χ0) is 8.48. The van der Waals surface area contributed by atoms with Crippen LogP contribution in [0.1, 0.15) is 4.88 Å². The molecule has 58 valence electrons. The Balaban J connectivity index is 3.22. The van der Waals surface area contributed by atoms with Crippen molar-refractivity contribution in [1.82, 2.24) is 0 Å². The van der Waals surface area contributed by atoms with E-state index in [1.165, 1.54) is 11.4 Å². The van der Waals surface area contributed by atoms with Crippen LogP contribution in [0.3, 0.4) is 0 Å². The Morgan fingerprint density at radius 1 is 1.64 bits per heavy atom. The van der Waals surface area contributed by atoms with Crippen LogP contribution < -0.4 is 0 Å². The molecule has 1 rings (SSSR count). The summed E-state index contributed by atoms with van der Waals surface area (Å²) in [7, 11) is 1.34. The van der Waals surface area contributed by atoms with E-state index in [0.717, 1.165) is 11.3 Å². The lowest BCUT2D eigenvalue weighted by Crippen LogP contribution is -1.85. The molecule has 0 aromatic carbocycles. The fraction of sp³-hybridized carbons (Fsp3) is 0. The smallest absolute Gasteiger partial charge is 0.207 e. The van der Waals surface area contributed by atoms with Crippen LogP contribution in [-0.2, 0) is 9.05 Å². The fourth-order valence-electron chi connectivity index (χ4n) is 0.505. The average molecular weight is 208 g/mol. The number of rotatable bonds is 1. The molecule has 0 saturated heterocycles. The van der Waals surface area contributed by atoms with Gasteiger partial charge in [-0.2, -0.15) is 5.26 Å². The Bertz CT molecular complexity index is 400. The van der Waals surface area contributed by atoms with Crippen molar-refractivity contribution in [2.75, 3.05) is 0 Å². The minimum Gasteiger partial charge on any atom is -0.207 e. The standard InChI is InChI=1S/C5H2ClNO2S2/c6-11(8,9)5-1-4(2-7)10-3-5/h1,3H. The molecule has 0 aliphatic heterocycles. The van der Waals surface area contributed by atoms with E-state index in [9.17, 15) is 8.42 Å². The second kappa shape index (κ2) is 2.81. The van der Waals surface area contributed by atoms with Gasteiger partial charge in [0.25, 0.3) is 9.05 Å². The van der Waals surface area contributed by atoms with Crippen LogP contribution in [0.15, 0.2) is 16.3 Å². The highest BCUT2D eigenvalue weighted by Gasteiger charge is 2.11. The molecule has 0 fully saturated rings. The normalized spacial score (nSPS) is 10.9. The van der Waals surface area contributed by atoms with E-state index in [0.29, 0.717) is 4.88 Å². The number of nitrogens with zero attached hydrogens (tertiary/aromatic N) is 1. The maximum Gasteiger partial charge on any atom is 0.262 e. The van der Waals surface area contributed by atoms with Gasteiger partial charge in [-0.1, -0.05) is 0 Å². The summed E-state index contributed by atoms with van der Waals surface area (Å²) in [6, 6.07) is 3.06. The van der Waals surface area contributed by atoms with Gasteiger partial charge in [0, 0.05) is 16.1 Å². The molecule has 0 bridgehead atoms. The second-order valence-corrected chi connectivity index (χ2v) is 5.17. The predicted octanol–water partition coefficient (Wildman–Crippen LogP) is 1.55. The topological polar surface area (TPSA) is 57.9 Å². The summed E-state index contributed by atoms with van der Waals surface area (Å²) in [6.07, 6.45) is 0. The number of hydrogen-bond donors (Lipinski definition) is 0. The van der Waals surface area contributed by atoms with Gasteiger partial charge in [0.2, 0.25) is 0 Å². The van der Waals surface area contributed by atoms with Crippen LogP contribution in [0.4, 0.5) is 0 Å². The monoisotopic (exact) mass is 207 g/mol. The van der Waals surface area contributed by atoms with Gasteiger partial charge in [-0.25, -0.2) is 8.42 Å². The Hall–Kier alpha value is -0.570. The third-order valence-electron chi connectivity index (χ3n) is 0.967. The van der Waals surface area contributed by atoms with E-state index < -0.39 is 9.05 Å². The van der Waals surface area contributed by atoms with Gasteiger partial charge in [0.05, 0.1) is 4.90 Å². The first-order chi connectivity index (χ1) is 5.04. The molecule has 0 amide bonds. The van der Waals surface area contributed by atoms with Crippen LogP contribution in [0.5, 0.6) is 0 Å². The number of halogens is 1.